The number of ether oxygens (including phenoxy) is 4. The number of carbonyl (C=O) groups is 1. The van der Waals surface area contributed by atoms with E-state index in [1.807, 2.05) is 0 Å². The molecule has 16 atom stereocenters. The minimum atomic E-state index is -1.62. The van der Waals surface area contributed by atoms with Crippen molar-refractivity contribution in [1.82, 2.24) is 5.32 Å². The fraction of sp³-hybridized carbons (Fsp3) is 0.955. The zero-order chi connectivity index (χ0) is 29.2. The van der Waals surface area contributed by atoms with Crippen LogP contribution >= 0.6 is 62.0 Å². The highest BCUT2D eigenvalue weighted by atomic mass is 35.5. The Morgan fingerprint density at radius 3 is 1.91 bits per heavy atom. The lowest BCUT2D eigenvalue weighted by molar-refractivity contribution is -0.329. The van der Waals surface area contributed by atoms with Gasteiger partial charge in [0.2, 0.25) is 5.91 Å². The summed E-state index contributed by atoms with van der Waals surface area (Å²) in [7, 11) is 0. The van der Waals surface area contributed by atoms with Crippen LogP contribution in [0.5, 0.6) is 0 Å². The van der Waals surface area contributed by atoms with Gasteiger partial charge in [0.05, 0.1) is 24.2 Å². The fourth-order valence-electron chi connectivity index (χ4n) is 5.02. The van der Waals surface area contributed by atoms with E-state index in [1.165, 1.54) is 0 Å². The van der Waals surface area contributed by atoms with Crippen molar-refractivity contribution in [3.8, 4) is 0 Å². The minimum Gasteiger partial charge on any atom is -0.388 e. The Balaban J connectivity index is -0.00000336. The predicted octanol–water partition coefficient (Wildman–Crippen LogP) is -5.32. The molecule has 3 aliphatic rings. The van der Waals surface area contributed by atoms with Gasteiger partial charge in [-0.2, -0.15) is 0 Å². The molecule has 22 heteroatoms. The van der Waals surface area contributed by atoms with Gasteiger partial charge >= 0.3 is 0 Å². The van der Waals surface area contributed by atoms with Gasteiger partial charge in [0.1, 0.15) is 54.9 Å². The molecular weight excluding hydrogens is 702 g/mol. The molecule has 268 valence electrons. The third kappa shape index (κ3) is 10.9. The Kier molecular flexibility index (Phi) is 23.6. The number of aliphatic hydroxyl groups is 6. The van der Waals surface area contributed by atoms with Crippen molar-refractivity contribution >= 4 is 67.9 Å². The van der Waals surface area contributed by atoms with Gasteiger partial charge in [-0.3, -0.25) is 4.79 Å². The summed E-state index contributed by atoms with van der Waals surface area (Å²) in [6.07, 6.45) is -16.2. The first-order valence-corrected chi connectivity index (χ1v) is 13.0. The molecule has 3 fully saturated rings. The number of hydrogen-bond acceptors (Lipinski definition) is 16. The highest BCUT2D eigenvalue weighted by Gasteiger charge is 2.52. The maximum Gasteiger partial charge on any atom is 0.249 e. The molecule has 0 bridgehead atoms. The highest BCUT2D eigenvalue weighted by molar-refractivity contribution is 5.86. The Morgan fingerprint density at radius 2 is 1.36 bits per heavy atom. The molecule has 2 heterocycles. The Labute approximate surface area is 286 Å². The molecule has 0 aromatic carbocycles. The van der Waals surface area contributed by atoms with E-state index >= 15 is 0 Å². The summed E-state index contributed by atoms with van der Waals surface area (Å²) >= 11 is 0. The number of hydrogen-bond donors (Lipinski definition) is 12. The smallest absolute Gasteiger partial charge is 0.249 e. The van der Waals surface area contributed by atoms with Gasteiger partial charge in [-0.15, -0.1) is 62.0 Å². The van der Waals surface area contributed by atoms with Gasteiger partial charge in [-0.05, 0) is 26.3 Å². The summed E-state index contributed by atoms with van der Waals surface area (Å²) < 4.78 is 23.2. The van der Waals surface area contributed by atoms with Gasteiger partial charge in [-0.25, -0.2) is 0 Å². The van der Waals surface area contributed by atoms with Gasteiger partial charge < -0.3 is 83.6 Å². The van der Waals surface area contributed by atoms with Crippen molar-refractivity contribution < 1.29 is 54.4 Å². The van der Waals surface area contributed by atoms with E-state index in [1.54, 1.807) is 6.92 Å². The standard InChI is InChI=1S/C22H44N6O11.5ClH/c1-6-11(26)15(32)17(34)22(36-6)39-19-13(30)8(28-20(35)9(29)2-3-23)4-7(25)18(19)38-21-12(27)16(33)14(31)10(5-24)37-21;;;;;/h6-19,21-22,29-34H,2-5,23-27H2,1H3,(H,28,35);5*1H/t6-,7+,8-,9+,10-,11-,12-,13+,14-,15+,16-,17-,18-,19-,21-,22+;;;;;/m1...../s1. The number of carbonyl (C=O) groups excluding carboxylic acids is 1. The number of nitrogens with two attached hydrogens (primary N) is 5. The average molecular weight is 751 g/mol. The molecule has 0 spiro atoms. The van der Waals surface area contributed by atoms with Crippen molar-refractivity contribution in [2.45, 2.75) is 118 Å². The summed E-state index contributed by atoms with van der Waals surface area (Å²) in [6.45, 7) is 1.44. The second kappa shape index (κ2) is 21.3. The summed E-state index contributed by atoms with van der Waals surface area (Å²) in [4.78, 5) is 12.4. The molecule has 1 aliphatic carbocycles. The van der Waals surface area contributed by atoms with Crippen molar-refractivity contribution in [3.63, 3.8) is 0 Å². The highest BCUT2D eigenvalue weighted by Crippen LogP contribution is 2.32. The van der Waals surface area contributed by atoms with Gasteiger partial charge in [-0.1, -0.05) is 0 Å². The molecule has 0 aromatic heterocycles. The van der Waals surface area contributed by atoms with Crippen LogP contribution in [0.4, 0.5) is 0 Å². The molecule has 1 saturated carbocycles. The fourth-order valence-corrected chi connectivity index (χ4v) is 5.02. The first-order valence-electron chi connectivity index (χ1n) is 13.0. The molecule has 0 unspecified atom stereocenters. The molecule has 44 heavy (non-hydrogen) atoms. The summed E-state index contributed by atoms with van der Waals surface area (Å²) in [5.74, 6) is -0.792. The molecule has 0 aromatic rings. The topological polar surface area (TPSA) is 318 Å². The van der Waals surface area contributed by atoms with Gasteiger partial charge in [0, 0.05) is 12.6 Å². The minimum absolute atomic E-state index is 0. The zero-order valence-electron chi connectivity index (χ0n) is 23.7. The number of halogens is 5. The molecule has 2 saturated heterocycles. The van der Waals surface area contributed by atoms with Crippen LogP contribution in [-0.4, -0.2) is 147 Å². The zero-order valence-corrected chi connectivity index (χ0v) is 27.8. The maximum atomic E-state index is 12.4. The van der Waals surface area contributed by atoms with Gasteiger partial charge in [0.15, 0.2) is 12.6 Å². The maximum absolute atomic E-state index is 12.4. The normalized spacial score (nSPS) is 42.5. The molecule has 17 N–H and O–H groups in total. The molecule has 3 rings (SSSR count). The SMILES string of the molecule is C[C@H]1O[C@@H](O[C@@H]2[C@@H](O)[C@H](NC(=O)[C@@H](O)CCN)C[C@H](N)[C@H]2O[C@H]2O[C@H](CN)[C@@H](O)[C@H](O)[C@H]2N)[C@H](O)[C@@H](O)[C@@H]1N.Cl.Cl.Cl.Cl.Cl. The van der Waals surface area contributed by atoms with Crippen LogP contribution in [0.15, 0.2) is 0 Å². The number of rotatable bonds is 9. The molecule has 2 aliphatic heterocycles. The summed E-state index contributed by atoms with van der Waals surface area (Å²) in [5, 5.41) is 65.2. The number of aliphatic hydroxyl groups excluding tert-OH is 6. The lowest BCUT2D eigenvalue weighted by Gasteiger charge is -2.49. The number of amides is 1. The largest absolute Gasteiger partial charge is 0.388 e. The van der Waals surface area contributed by atoms with Crippen LogP contribution in [0.1, 0.15) is 19.8 Å². The Hall–Kier alpha value is 0.320. The second-order valence-electron chi connectivity index (χ2n) is 10.4. The predicted molar refractivity (Wildman–Crippen MR) is 168 cm³/mol. The first-order chi connectivity index (χ1) is 18.3. The Bertz CT molecular complexity index is 824. The van der Waals surface area contributed by atoms with Crippen LogP contribution in [0, 0.1) is 0 Å². The van der Waals surface area contributed by atoms with Crippen LogP contribution in [0.2, 0.25) is 0 Å². The van der Waals surface area contributed by atoms with Crippen molar-refractivity contribution in [2.75, 3.05) is 13.1 Å². The van der Waals surface area contributed by atoms with Crippen LogP contribution in [0.25, 0.3) is 0 Å². The monoisotopic (exact) mass is 748 g/mol. The van der Waals surface area contributed by atoms with E-state index in [9.17, 15) is 35.4 Å². The lowest BCUT2D eigenvalue weighted by Crippen LogP contribution is -2.70. The quantitative estimate of drug-likeness (QED) is 0.105. The lowest BCUT2D eigenvalue weighted by atomic mass is 9.83. The van der Waals surface area contributed by atoms with Crippen molar-refractivity contribution in [3.05, 3.63) is 0 Å². The number of nitrogens with one attached hydrogen (secondary N) is 1. The van der Waals surface area contributed by atoms with Crippen LogP contribution < -0.4 is 34.0 Å². The Morgan fingerprint density at radius 1 is 0.818 bits per heavy atom. The molecule has 1 amide bonds. The molecule has 0 radical (unpaired) electrons. The van der Waals surface area contributed by atoms with Crippen LogP contribution in [-0.2, 0) is 23.7 Å². The van der Waals surface area contributed by atoms with E-state index in [2.05, 4.69) is 5.32 Å². The first kappa shape index (κ1) is 48.7. The molecule has 17 nitrogen and oxygen atoms in total. The third-order valence-corrected chi connectivity index (χ3v) is 7.57. The van der Waals surface area contributed by atoms with E-state index in [4.69, 9.17) is 47.6 Å². The van der Waals surface area contributed by atoms with E-state index < -0.39 is 104 Å². The summed E-state index contributed by atoms with van der Waals surface area (Å²) in [5.41, 5.74) is 29.3. The van der Waals surface area contributed by atoms with Crippen molar-refractivity contribution in [2.24, 2.45) is 28.7 Å². The summed E-state index contributed by atoms with van der Waals surface area (Å²) in [6, 6.07) is -4.17. The van der Waals surface area contributed by atoms with Gasteiger partial charge in [0.25, 0.3) is 0 Å². The molecular formula is C22H49Cl5N6O11. The van der Waals surface area contributed by atoms with E-state index in [0.717, 1.165) is 0 Å². The van der Waals surface area contributed by atoms with Crippen LogP contribution in [0.3, 0.4) is 0 Å². The van der Waals surface area contributed by atoms with E-state index in [0.29, 0.717) is 0 Å². The average Bonchev–Trinajstić information content (AvgIpc) is 2.90. The third-order valence-electron chi connectivity index (χ3n) is 7.57. The van der Waals surface area contributed by atoms with E-state index in [-0.39, 0.29) is 88.0 Å². The second-order valence-corrected chi connectivity index (χ2v) is 10.4. The van der Waals surface area contributed by atoms with Crippen molar-refractivity contribution in [1.29, 1.82) is 0 Å².